The number of esters is 1. The second-order valence-corrected chi connectivity index (χ2v) is 9.10. The highest BCUT2D eigenvalue weighted by atomic mass is 32.1. The summed E-state index contributed by atoms with van der Waals surface area (Å²) in [6.07, 6.45) is 0.676. The maximum atomic E-state index is 12.5. The largest absolute Gasteiger partial charge is 0.460 e. The number of carbonyl (C=O) groups is 2. The zero-order valence-electron chi connectivity index (χ0n) is 16.1. The lowest BCUT2D eigenvalue weighted by Gasteiger charge is -2.24. The number of hydrogen-bond acceptors (Lipinski definition) is 5. The van der Waals surface area contributed by atoms with Crippen LogP contribution in [0.3, 0.4) is 0 Å². The highest BCUT2D eigenvalue weighted by Gasteiger charge is 2.28. The number of hydrogen-bond donors (Lipinski definition) is 0. The Morgan fingerprint density at radius 3 is 2.42 bits per heavy atom. The van der Waals surface area contributed by atoms with Crippen molar-refractivity contribution in [2.75, 3.05) is 0 Å². The maximum Gasteiger partial charge on any atom is 0.309 e. The van der Waals surface area contributed by atoms with Gasteiger partial charge in [-0.15, -0.1) is 0 Å². The SMILES string of the molecule is CC(C)CC(CC(=O)Cn1sc2ccccc2c1=O)C(=O)OC(C)(C)C. The molecule has 2 aromatic rings. The lowest BCUT2D eigenvalue weighted by atomic mass is 9.92. The summed E-state index contributed by atoms with van der Waals surface area (Å²) in [7, 11) is 0. The second-order valence-electron chi connectivity index (χ2n) is 8.03. The molecule has 1 aromatic carbocycles. The molecule has 26 heavy (non-hydrogen) atoms. The lowest BCUT2D eigenvalue weighted by Crippen LogP contribution is -2.31. The van der Waals surface area contributed by atoms with Crippen LogP contribution in [-0.4, -0.2) is 21.3 Å². The molecule has 2 rings (SSSR count). The van der Waals surface area contributed by atoms with E-state index in [1.807, 2.05) is 52.8 Å². The Hall–Kier alpha value is -1.95. The van der Waals surface area contributed by atoms with Gasteiger partial charge in [-0.2, -0.15) is 0 Å². The number of Topliss-reactive ketones (excluding diaryl/α,β-unsaturated/α-hetero) is 1. The first-order valence-corrected chi connectivity index (χ1v) is 9.67. The number of rotatable bonds is 7. The number of nitrogens with zero attached hydrogens (tertiary/aromatic N) is 1. The van der Waals surface area contributed by atoms with Gasteiger partial charge in [0.15, 0.2) is 5.78 Å². The summed E-state index contributed by atoms with van der Waals surface area (Å²) in [6.45, 7) is 9.47. The first kappa shape index (κ1) is 20.4. The van der Waals surface area contributed by atoms with Crippen LogP contribution in [0.4, 0.5) is 0 Å². The van der Waals surface area contributed by atoms with E-state index in [2.05, 4.69) is 0 Å². The van der Waals surface area contributed by atoms with Gasteiger partial charge >= 0.3 is 5.97 Å². The minimum absolute atomic E-state index is 0.00439. The molecule has 1 atom stereocenters. The third-order valence-electron chi connectivity index (χ3n) is 3.84. The summed E-state index contributed by atoms with van der Waals surface area (Å²) in [4.78, 5) is 37.4. The van der Waals surface area contributed by atoms with Crippen LogP contribution in [0.15, 0.2) is 29.1 Å². The molecule has 142 valence electrons. The highest BCUT2D eigenvalue weighted by Crippen LogP contribution is 2.22. The van der Waals surface area contributed by atoms with E-state index in [9.17, 15) is 14.4 Å². The molecule has 0 amide bonds. The van der Waals surface area contributed by atoms with Crippen LogP contribution < -0.4 is 5.56 Å². The fraction of sp³-hybridized carbons (Fsp3) is 0.550. The van der Waals surface area contributed by atoms with Gasteiger partial charge in [0.25, 0.3) is 5.56 Å². The average molecular weight is 378 g/mol. The third-order valence-corrected chi connectivity index (χ3v) is 4.91. The van der Waals surface area contributed by atoms with E-state index >= 15 is 0 Å². The van der Waals surface area contributed by atoms with Crippen molar-refractivity contribution in [3.05, 3.63) is 34.6 Å². The second kappa shape index (κ2) is 8.16. The van der Waals surface area contributed by atoms with E-state index in [1.54, 1.807) is 6.07 Å². The number of aromatic nitrogens is 1. The Morgan fingerprint density at radius 2 is 1.85 bits per heavy atom. The van der Waals surface area contributed by atoms with E-state index in [4.69, 9.17) is 4.74 Å². The van der Waals surface area contributed by atoms with E-state index in [0.29, 0.717) is 11.8 Å². The molecule has 6 heteroatoms. The molecule has 5 nitrogen and oxygen atoms in total. The van der Waals surface area contributed by atoms with Crippen molar-refractivity contribution in [1.29, 1.82) is 0 Å². The van der Waals surface area contributed by atoms with Gasteiger partial charge in [0.1, 0.15) is 5.60 Å². The Bertz CT molecular complexity index is 841. The zero-order valence-corrected chi connectivity index (χ0v) is 16.9. The highest BCUT2D eigenvalue weighted by molar-refractivity contribution is 7.13. The molecule has 0 saturated carbocycles. The fourth-order valence-electron chi connectivity index (χ4n) is 2.84. The van der Waals surface area contributed by atoms with Crippen LogP contribution in [0.25, 0.3) is 10.1 Å². The van der Waals surface area contributed by atoms with Crippen molar-refractivity contribution in [3.8, 4) is 0 Å². The smallest absolute Gasteiger partial charge is 0.309 e. The van der Waals surface area contributed by atoms with Crippen LogP contribution in [0.5, 0.6) is 0 Å². The topological polar surface area (TPSA) is 65.4 Å². The fourth-order valence-corrected chi connectivity index (χ4v) is 3.86. The van der Waals surface area contributed by atoms with Gasteiger partial charge in [-0.05, 0) is 45.2 Å². The van der Waals surface area contributed by atoms with E-state index in [1.165, 1.54) is 15.5 Å². The molecular formula is C20H27NO4S. The van der Waals surface area contributed by atoms with Crippen molar-refractivity contribution in [1.82, 2.24) is 3.96 Å². The molecule has 0 aliphatic heterocycles. The number of benzene rings is 1. The number of ketones is 1. The van der Waals surface area contributed by atoms with Crippen LogP contribution in [0.2, 0.25) is 0 Å². The number of fused-ring (bicyclic) bond motifs is 1. The molecule has 1 heterocycles. The molecule has 0 radical (unpaired) electrons. The molecule has 0 bridgehead atoms. The van der Waals surface area contributed by atoms with Crippen LogP contribution >= 0.6 is 11.5 Å². The van der Waals surface area contributed by atoms with Crippen molar-refractivity contribution >= 4 is 33.4 Å². The summed E-state index contributed by atoms with van der Waals surface area (Å²) in [5, 5.41) is 0.621. The standard InChI is InChI=1S/C20H27NO4S/c1-13(2)10-14(19(24)25-20(3,4)5)11-15(22)12-21-18(23)16-8-6-7-9-17(16)26-21/h6-9,13-14H,10-12H2,1-5H3. The average Bonchev–Trinajstić information content (AvgIpc) is 2.81. The minimum atomic E-state index is -0.586. The first-order valence-electron chi connectivity index (χ1n) is 8.90. The van der Waals surface area contributed by atoms with Gasteiger partial charge < -0.3 is 4.74 Å². The predicted octanol–water partition coefficient (Wildman–Crippen LogP) is 4.03. The van der Waals surface area contributed by atoms with Crippen molar-refractivity contribution in [2.24, 2.45) is 11.8 Å². The quantitative estimate of drug-likeness (QED) is 0.684. The van der Waals surface area contributed by atoms with Crippen LogP contribution in [-0.2, 0) is 20.9 Å². The first-order chi connectivity index (χ1) is 12.1. The molecule has 1 unspecified atom stereocenters. The lowest BCUT2D eigenvalue weighted by molar-refractivity contribution is -0.161. The summed E-state index contributed by atoms with van der Waals surface area (Å²) in [6, 6.07) is 7.30. The molecule has 0 saturated heterocycles. The molecule has 1 aromatic heterocycles. The Balaban J connectivity index is 2.11. The Kier molecular flexibility index (Phi) is 6.39. The van der Waals surface area contributed by atoms with E-state index in [0.717, 1.165) is 4.70 Å². The van der Waals surface area contributed by atoms with Gasteiger partial charge in [-0.25, -0.2) is 0 Å². The Morgan fingerprint density at radius 1 is 1.19 bits per heavy atom. The van der Waals surface area contributed by atoms with Gasteiger partial charge in [0, 0.05) is 6.42 Å². The predicted molar refractivity (Wildman–Crippen MR) is 104 cm³/mol. The molecule has 0 spiro atoms. The molecule has 0 N–H and O–H groups in total. The summed E-state index contributed by atoms with van der Waals surface area (Å²) in [5.74, 6) is -0.683. The van der Waals surface area contributed by atoms with E-state index in [-0.39, 0.29) is 36.2 Å². The third kappa shape index (κ3) is 5.53. The molecule has 0 fully saturated rings. The van der Waals surface area contributed by atoms with Gasteiger partial charge in [-0.1, -0.05) is 37.5 Å². The molecule has 0 aliphatic rings. The van der Waals surface area contributed by atoms with E-state index < -0.39 is 11.5 Å². The maximum absolute atomic E-state index is 12.5. The summed E-state index contributed by atoms with van der Waals surface area (Å²) >= 11 is 1.28. The van der Waals surface area contributed by atoms with Crippen molar-refractivity contribution in [3.63, 3.8) is 0 Å². The monoisotopic (exact) mass is 377 g/mol. The van der Waals surface area contributed by atoms with Crippen LogP contribution in [0, 0.1) is 11.8 Å². The molecular weight excluding hydrogens is 350 g/mol. The Labute approximate surface area is 158 Å². The summed E-state index contributed by atoms with van der Waals surface area (Å²) < 4.78 is 7.79. The van der Waals surface area contributed by atoms with Gasteiger partial charge in [0.2, 0.25) is 0 Å². The summed E-state index contributed by atoms with van der Waals surface area (Å²) in [5.41, 5.74) is -0.741. The number of carbonyl (C=O) groups excluding carboxylic acids is 2. The molecule has 0 aliphatic carbocycles. The van der Waals surface area contributed by atoms with Crippen molar-refractivity contribution in [2.45, 2.75) is 59.6 Å². The van der Waals surface area contributed by atoms with Crippen molar-refractivity contribution < 1.29 is 14.3 Å². The van der Waals surface area contributed by atoms with Gasteiger partial charge in [0.05, 0.1) is 22.5 Å². The zero-order chi connectivity index (χ0) is 19.5. The minimum Gasteiger partial charge on any atom is -0.460 e. The number of ether oxygens (including phenoxy) is 1. The normalized spacial score (nSPS) is 13.2. The van der Waals surface area contributed by atoms with Crippen LogP contribution in [0.1, 0.15) is 47.5 Å². The van der Waals surface area contributed by atoms with Gasteiger partial charge in [-0.3, -0.25) is 18.3 Å².